The average molecular weight is 540 g/mol. The molecule has 0 radical (unpaired) electrons. The van der Waals surface area contributed by atoms with Gasteiger partial charge in [-0.3, -0.25) is 0 Å². The summed E-state index contributed by atoms with van der Waals surface area (Å²) in [6, 6.07) is 10.4. The van der Waals surface area contributed by atoms with Crippen molar-refractivity contribution in [3.05, 3.63) is 63.4 Å². The minimum absolute atomic E-state index is 0. The number of halogens is 1. The first-order chi connectivity index (χ1) is 14.1. The topological polar surface area (TPSA) is 76.4 Å². The lowest BCUT2D eigenvalue weighted by Crippen LogP contribution is -2.38. The van der Waals surface area contributed by atoms with Crippen LogP contribution in [0.4, 0.5) is 0 Å². The summed E-state index contributed by atoms with van der Waals surface area (Å²) >= 11 is 1.72. The molecular weight excluding hydrogens is 511 g/mol. The number of aryl methyl sites for hydroxylation is 2. The Morgan fingerprint density at radius 2 is 2.03 bits per heavy atom. The van der Waals surface area contributed by atoms with Crippen LogP contribution in [0.3, 0.4) is 0 Å². The predicted octanol–water partition coefficient (Wildman–Crippen LogP) is 3.60. The highest BCUT2D eigenvalue weighted by atomic mass is 127. The second-order valence-electron chi connectivity index (χ2n) is 6.81. The van der Waals surface area contributed by atoms with Crippen LogP contribution in [0, 0.1) is 13.8 Å². The molecule has 2 N–H and O–H groups in total. The van der Waals surface area contributed by atoms with Crippen LogP contribution in [-0.4, -0.2) is 34.4 Å². The molecule has 0 unspecified atom stereocenters. The van der Waals surface area contributed by atoms with E-state index in [1.165, 1.54) is 16.0 Å². The zero-order valence-electron chi connectivity index (χ0n) is 17.8. The van der Waals surface area contributed by atoms with Crippen molar-refractivity contribution in [2.75, 3.05) is 13.7 Å². The van der Waals surface area contributed by atoms with Crippen LogP contribution < -0.4 is 15.4 Å². The average Bonchev–Trinajstić information content (AvgIpc) is 3.35. The van der Waals surface area contributed by atoms with E-state index >= 15 is 0 Å². The molecule has 3 aromatic rings. The highest BCUT2D eigenvalue weighted by molar-refractivity contribution is 14.0. The Balaban J connectivity index is 0.00000320. The van der Waals surface area contributed by atoms with Gasteiger partial charge in [0.1, 0.15) is 18.1 Å². The van der Waals surface area contributed by atoms with Crippen molar-refractivity contribution in [1.29, 1.82) is 0 Å². The Hall–Kier alpha value is -2.14. The third-order valence-electron chi connectivity index (χ3n) is 4.69. The number of ether oxygens (including phenoxy) is 1. The summed E-state index contributed by atoms with van der Waals surface area (Å²) in [5.41, 5.74) is 2.41. The normalized spacial score (nSPS) is 11.1. The molecule has 0 aliphatic carbocycles. The first-order valence-corrected chi connectivity index (χ1v) is 10.5. The number of nitrogens with one attached hydrogen (secondary N) is 2. The van der Waals surface area contributed by atoms with Crippen LogP contribution in [0.5, 0.6) is 5.75 Å². The van der Waals surface area contributed by atoms with Gasteiger partial charge < -0.3 is 19.9 Å². The number of aromatic nitrogens is 3. The summed E-state index contributed by atoms with van der Waals surface area (Å²) in [7, 11) is 3.66. The lowest BCUT2D eigenvalue weighted by molar-refractivity contribution is 0.409. The maximum Gasteiger partial charge on any atom is 0.192 e. The fourth-order valence-corrected chi connectivity index (χ4v) is 3.56. The van der Waals surface area contributed by atoms with E-state index in [2.05, 4.69) is 57.4 Å². The predicted molar refractivity (Wildman–Crippen MR) is 133 cm³/mol. The van der Waals surface area contributed by atoms with E-state index in [4.69, 9.17) is 9.73 Å². The van der Waals surface area contributed by atoms with Crippen LogP contribution >= 0.6 is 35.3 Å². The Labute approximate surface area is 199 Å². The van der Waals surface area contributed by atoms with E-state index in [-0.39, 0.29) is 24.0 Å². The van der Waals surface area contributed by atoms with Crippen LogP contribution in [-0.2, 0) is 26.6 Å². The molecule has 0 bridgehead atoms. The van der Waals surface area contributed by atoms with Gasteiger partial charge in [0.25, 0.3) is 0 Å². The Morgan fingerprint density at radius 1 is 1.20 bits per heavy atom. The van der Waals surface area contributed by atoms with E-state index in [9.17, 15) is 0 Å². The molecule has 0 saturated heterocycles. The molecule has 30 heavy (non-hydrogen) atoms. The maximum atomic E-state index is 5.48. The third-order valence-corrected chi connectivity index (χ3v) is 5.57. The van der Waals surface area contributed by atoms with Crippen molar-refractivity contribution in [2.24, 2.45) is 12.0 Å². The summed E-state index contributed by atoms with van der Waals surface area (Å²) in [6.45, 7) is 5.96. The molecule has 0 aliphatic rings. The standard InChI is InChI=1S/C21H28N6OS.HI/c1-15-7-8-19(28-4)17(12-15)9-10-22-21(23-13-18-6-5-11-29-18)24-14-20-26-25-16(2)27(20)3;/h5-8,11-12H,9-10,13-14H2,1-4H3,(H2,22,23,24);1H. The molecule has 1 aromatic carbocycles. The fourth-order valence-electron chi connectivity index (χ4n) is 2.92. The number of nitrogens with zero attached hydrogens (tertiary/aromatic N) is 4. The molecule has 0 amide bonds. The SMILES string of the molecule is COc1ccc(C)cc1CCNC(=NCc1nnc(C)n1C)NCc1cccs1.I. The Bertz CT molecular complexity index is 955. The summed E-state index contributed by atoms with van der Waals surface area (Å²) < 4.78 is 7.44. The molecule has 3 rings (SSSR count). The molecule has 0 spiro atoms. The quantitative estimate of drug-likeness (QED) is 0.260. The van der Waals surface area contributed by atoms with E-state index in [1.54, 1.807) is 18.4 Å². The first kappa shape index (κ1) is 24.1. The van der Waals surface area contributed by atoms with Crippen LogP contribution in [0.15, 0.2) is 40.7 Å². The zero-order chi connectivity index (χ0) is 20.6. The zero-order valence-corrected chi connectivity index (χ0v) is 21.0. The van der Waals surface area contributed by atoms with Crippen molar-refractivity contribution < 1.29 is 4.74 Å². The largest absolute Gasteiger partial charge is 0.496 e. The molecule has 2 aromatic heterocycles. The number of rotatable bonds is 8. The van der Waals surface area contributed by atoms with Gasteiger partial charge in [-0.25, -0.2) is 4.99 Å². The fraction of sp³-hybridized carbons (Fsp3) is 0.381. The number of benzene rings is 1. The van der Waals surface area contributed by atoms with Gasteiger partial charge >= 0.3 is 0 Å². The highest BCUT2D eigenvalue weighted by Gasteiger charge is 2.07. The molecule has 0 atom stereocenters. The third kappa shape index (κ3) is 6.69. The van der Waals surface area contributed by atoms with Gasteiger partial charge in [-0.1, -0.05) is 23.8 Å². The van der Waals surface area contributed by atoms with E-state index in [0.717, 1.165) is 42.9 Å². The van der Waals surface area contributed by atoms with Crippen molar-refractivity contribution in [3.63, 3.8) is 0 Å². The van der Waals surface area contributed by atoms with Crippen LogP contribution in [0.25, 0.3) is 0 Å². The van der Waals surface area contributed by atoms with Gasteiger partial charge in [0.2, 0.25) is 0 Å². The number of guanidine groups is 1. The monoisotopic (exact) mass is 540 g/mol. The molecule has 0 aliphatic heterocycles. The molecule has 7 nitrogen and oxygen atoms in total. The first-order valence-electron chi connectivity index (χ1n) is 9.59. The molecular formula is C21H29IN6OS. The van der Waals surface area contributed by atoms with Crippen molar-refractivity contribution in [2.45, 2.75) is 33.4 Å². The second kappa shape index (κ2) is 11.9. The summed E-state index contributed by atoms with van der Waals surface area (Å²) in [5, 5.41) is 17.2. The minimum atomic E-state index is 0. The van der Waals surface area contributed by atoms with Crippen LogP contribution in [0.2, 0.25) is 0 Å². The lowest BCUT2D eigenvalue weighted by Gasteiger charge is -2.14. The van der Waals surface area contributed by atoms with Crippen molar-refractivity contribution in [1.82, 2.24) is 25.4 Å². The highest BCUT2D eigenvalue weighted by Crippen LogP contribution is 2.19. The van der Waals surface area contributed by atoms with Crippen molar-refractivity contribution in [3.8, 4) is 5.75 Å². The van der Waals surface area contributed by atoms with Gasteiger partial charge in [-0.15, -0.1) is 45.5 Å². The van der Waals surface area contributed by atoms with E-state index in [1.807, 2.05) is 24.6 Å². The van der Waals surface area contributed by atoms with Crippen molar-refractivity contribution >= 4 is 41.3 Å². The summed E-state index contributed by atoms with van der Waals surface area (Å²) in [4.78, 5) is 5.96. The van der Waals surface area contributed by atoms with E-state index in [0.29, 0.717) is 6.54 Å². The lowest BCUT2D eigenvalue weighted by atomic mass is 10.1. The Morgan fingerprint density at radius 3 is 2.70 bits per heavy atom. The summed E-state index contributed by atoms with van der Waals surface area (Å²) in [5.74, 6) is 3.38. The molecule has 0 fully saturated rings. The minimum Gasteiger partial charge on any atom is -0.496 e. The van der Waals surface area contributed by atoms with Gasteiger partial charge in [0.05, 0.1) is 13.7 Å². The molecule has 0 saturated carbocycles. The number of hydrogen-bond acceptors (Lipinski definition) is 5. The summed E-state index contributed by atoms with van der Waals surface area (Å²) in [6.07, 6.45) is 0.841. The van der Waals surface area contributed by atoms with Gasteiger partial charge in [-0.05, 0) is 43.3 Å². The molecule has 162 valence electrons. The van der Waals surface area contributed by atoms with Gasteiger partial charge in [0, 0.05) is 18.5 Å². The Kier molecular flexibility index (Phi) is 9.57. The van der Waals surface area contributed by atoms with Gasteiger partial charge in [-0.2, -0.15) is 0 Å². The van der Waals surface area contributed by atoms with E-state index < -0.39 is 0 Å². The number of methoxy groups -OCH3 is 1. The number of aliphatic imine (C=N–C) groups is 1. The number of hydrogen-bond donors (Lipinski definition) is 2. The second-order valence-corrected chi connectivity index (χ2v) is 7.84. The number of thiophene rings is 1. The maximum absolute atomic E-state index is 5.48. The van der Waals surface area contributed by atoms with Crippen LogP contribution in [0.1, 0.15) is 27.7 Å². The smallest absolute Gasteiger partial charge is 0.192 e. The molecule has 2 heterocycles. The van der Waals surface area contributed by atoms with Gasteiger partial charge in [0.15, 0.2) is 11.8 Å². The molecule has 9 heteroatoms.